The third kappa shape index (κ3) is 3.48. The Morgan fingerprint density at radius 1 is 1.40 bits per heavy atom. The Labute approximate surface area is 125 Å². The van der Waals surface area contributed by atoms with Gasteiger partial charge in [-0.3, -0.25) is 4.98 Å². The molecule has 0 atom stereocenters. The van der Waals surface area contributed by atoms with Crippen molar-refractivity contribution in [2.45, 2.75) is 13.5 Å². The number of anilines is 1. The Morgan fingerprint density at radius 3 is 2.95 bits per heavy atom. The molecule has 2 rings (SSSR count). The zero-order valence-electron chi connectivity index (χ0n) is 11.0. The van der Waals surface area contributed by atoms with Gasteiger partial charge in [-0.2, -0.15) is 0 Å². The Bertz CT molecular complexity index is 643. The molecule has 0 bridgehead atoms. The SMILES string of the molecule is Cc1ccc(Br)cc1NCc1ccnc(C(N)=NO)c1. The fourth-order valence-electron chi connectivity index (χ4n) is 1.76. The van der Waals surface area contributed by atoms with Crippen LogP contribution in [-0.2, 0) is 6.54 Å². The summed E-state index contributed by atoms with van der Waals surface area (Å²) in [5.74, 6) is 0.00508. The van der Waals surface area contributed by atoms with E-state index in [-0.39, 0.29) is 5.84 Å². The van der Waals surface area contributed by atoms with Crippen molar-refractivity contribution in [2.24, 2.45) is 10.9 Å². The van der Waals surface area contributed by atoms with E-state index in [1.54, 1.807) is 12.3 Å². The lowest BCUT2D eigenvalue weighted by molar-refractivity contribution is 0.318. The summed E-state index contributed by atoms with van der Waals surface area (Å²) in [4.78, 5) is 4.05. The molecule has 4 N–H and O–H groups in total. The number of nitrogens with two attached hydrogens (primary N) is 1. The predicted molar refractivity (Wildman–Crippen MR) is 83.0 cm³/mol. The first-order valence-corrected chi connectivity index (χ1v) is 6.82. The lowest BCUT2D eigenvalue weighted by Crippen LogP contribution is -2.15. The number of oxime groups is 1. The van der Waals surface area contributed by atoms with Gasteiger partial charge in [0.05, 0.1) is 0 Å². The Balaban J connectivity index is 2.13. The molecule has 0 aliphatic rings. The minimum absolute atomic E-state index is 0.00508. The van der Waals surface area contributed by atoms with E-state index in [9.17, 15) is 0 Å². The monoisotopic (exact) mass is 334 g/mol. The number of nitrogens with one attached hydrogen (secondary N) is 1. The maximum absolute atomic E-state index is 8.66. The van der Waals surface area contributed by atoms with Crippen LogP contribution >= 0.6 is 15.9 Å². The van der Waals surface area contributed by atoms with Gasteiger partial charge in [0.15, 0.2) is 5.84 Å². The van der Waals surface area contributed by atoms with E-state index in [0.717, 1.165) is 15.7 Å². The quantitative estimate of drug-likeness (QED) is 0.347. The first-order valence-electron chi connectivity index (χ1n) is 6.03. The highest BCUT2D eigenvalue weighted by atomic mass is 79.9. The highest BCUT2D eigenvalue weighted by Gasteiger charge is 2.03. The number of aromatic nitrogens is 1. The van der Waals surface area contributed by atoms with Crippen LogP contribution in [0.2, 0.25) is 0 Å². The standard InChI is InChI=1S/C14H15BrN4O/c1-9-2-3-11(15)7-12(9)18-8-10-4-5-17-13(6-10)14(16)19-20/h2-7,18,20H,8H2,1H3,(H2,16,19). The fraction of sp³-hybridized carbons (Fsp3) is 0.143. The minimum atomic E-state index is 0.00508. The number of benzene rings is 1. The van der Waals surface area contributed by atoms with Crippen LogP contribution in [0.4, 0.5) is 5.69 Å². The third-order valence-electron chi connectivity index (χ3n) is 2.88. The molecule has 5 nitrogen and oxygen atoms in total. The van der Waals surface area contributed by atoms with Crippen molar-refractivity contribution < 1.29 is 5.21 Å². The summed E-state index contributed by atoms with van der Waals surface area (Å²) in [6, 6.07) is 9.75. The molecule has 1 aromatic heterocycles. The smallest absolute Gasteiger partial charge is 0.188 e. The van der Waals surface area contributed by atoms with Crippen LogP contribution in [0.3, 0.4) is 0 Å². The summed E-state index contributed by atoms with van der Waals surface area (Å²) < 4.78 is 1.03. The van der Waals surface area contributed by atoms with Crippen LogP contribution in [0.1, 0.15) is 16.8 Å². The van der Waals surface area contributed by atoms with Gasteiger partial charge in [0.1, 0.15) is 5.69 Å². The van der Waals surface area contributed by atoms with Crippen LogP contribution < -0.4 is 11.1 Å². The second-order valence-corrected chi connectivity index (χ2v) is 5.26. The lowest BCUT2D eigenvalue weighted by atomic mass is 10.2. The number of aryl methyl sites for hydroxylation is 1. The normalized spacial score (nSPS) is 11.4. The van der Waals surface area contributed by atoms with Gasteiger partial charge in [-0.05, 0) is 42.3 Å². The number of rotatable bonds is 4. The molecular formula is C14H15BrN4O. The largest absolute Gasteiger partial charge is 0.409 e. The molecule has 6 heteroatoms. The lowest BCUT2D eigenvalue weighted by Gasteiger charge is -2.10. The van der Waals surface area contributed by atoms with Crippen molar-refractivity contribution in [3.05, 3.63) is 57.8 Å². The summed E-state index contributed by atoms with van der Waals surface area (Å²) in [7, 11) is 0. The first-order chi connectivity index (χ1) is 9.60. The molecule has 0 saturated carbocycles. The van der Waals surface area contributed by atoms with E-state index in [1.807, 2.05) is 31.2 Å². The van der Waals surface area contributed by atoms with Gasteiger partial charge in [0.25, 0.3) is 0 Å². The molecule has 2 aromatic rings. The predicted octanol–water partition coefficient (Wildman–Crippen LogP) is 2.86. The zero-order valence-corrected chi connectivity index (χ0v) is 12.6. The van der Waals surface area contributed by atoms with Crippen LogP contribution in [0, 0.1) is 6.92 Å². The number of hydrogen-bond acceptors (Lipinski definition) is 4. The Kier molecular flexibility index (Phi) is 4.57. The van der Waals surface area contributed by atoms with E-state index in [0.29, 0.717) is 12.2 Å². The van der Waals surface area contributed by atoms with Crippen LogP contribution in [0.5, 0.6) is 0 Å². The van der Waals surface area contributed by atoms with Gasteiger partial charge < -0.3 is 16.3 Å². The molecule has 0 spiro atoms. The zero-order chi connectivity index (χ0) is 14.5. The van der Waals surface area contributed by atoms with E-state index < -0.39 is 0 Å². The topological polar surface area (TPSA) is 83.5 Å². The van der Waals surface area contributed by atoms with Crippen molar-refractivity contribution in [3.63, 3.8) is 0 Å². The van der Waals surface area contributed by atoms with Gasteiger partial charge in [0, 0.05) is 22.9 Å². The summed E-state index contributed by atoms with van der Waals surface area (Å²) in [6.07, 6.45) is 1.64. The summed E-state index contributed by atoms with van der Waals surface area (Å²) in [6.45, 7) is 2.68. The van der Waals surface area contributed by atoms with E-state index in [1.165, 1.54) is 5.56 Å². The average Bonchev–Trinajstić information content (AvgIpc) is 2.47. The molecule has 0 saturated heterocycles. The molecule has 0 unspecified atom stereocenters. The minimum Gasteiger partial charge on any atom is -0.409 e. The molecule has 1 aromatic carbocycles. The van der Waals surface area contributed by atoms with Crippen LogP contribution in [-0.4, -0.2) is 16.0 Å². The maximum atomic E-state index is 8.66. The van der Waals surface area contributed by atoms with Gasteiger partial charge in [0.2, 0.25) is 0 Å². The summed E-state index contributed by atoms with van der Waals surface area (Å²) >= 11 is 3.45. The van der Waals surface area contributed by atoms with Crippen molar-refractivity contribution in [1.29, 1.82) is 0 Å². The Morgan fingerprint density at radius 2 is 2.20 bits per heavy atom. The number of halogens is 1. The van der Waals surface area contributed by atoms with Crippen molar-refractivity contribution in [3.8, 4) is 0 Å². The number of pyridine rings is 1. The first kappa shape index (κ1) is 14.3. The Hall–Kier alpha value is -2.08. The average molecular weight is 335 g/mol. The molecule has 0 fully saturated rings. The maximum Gasteiger partial charge on any atom is 0.188 e. The highest BCUT2D eigenvalue weighted by Crippen LogP contribution is 2.21. The van der Waals surface area contributed by atoms with Gasteiger partial charge >= 0.3 is 0 Å². The molecule has 0 radical (unpaired) electrons. The van der Waals surface area contributed by atoms with Gasteiger partial charge in [-0.15, -0.1) is 0 Å². The summed E-state index contributed by atoms with van der Waals surface area (Å²) in [5, 5.41) is 15.0. The second-order valence-electron chi connectivity index (χ2n) is 4.35. The molecule has 0 aliphatic heterocycles. The third-order valence-corrected chi connectivity index (χ3v) is 3.37. The van der Waals surface area contributed by atoms with Gasteiger partial charge in [-0.25, -0.2) is 0 Å². The molecule has 104 valence electrons. The molecule has 1 heterocycles. The fourth-order valence-corrected chi connectivity index (χ4v) is 2.12. The van der Waals surface area contributed by atoms with Crippen molar-refractivity contribution >= 4 is 27.5 Å². The molecule has 0 aliphatic carbocycles. The molecule has 20 heavy (non-hydrogen) atoms. The van der Waals surface area contributed by atoms with Crippen LogP contribution in [0.25, 0.3) is 0 Å². The number of amidine groups is 1. The van der Waals surface area contributed by atoms with Crippen molar-refractivity contribution in [1.82, 2.24) is 4.98 Å². The second kappa shape index (κ2) is 6.38. The van der Waals surface area contributed by atoms with Crippen LogP contribution in [0.15, 0.2) is 46.2 Å². The number of nitrogens with zero attached hydrogens (tertiary/aromatic N) is 2. The van der Waals surface area contributed by atoms with E-state index in [4.69, 9.17) is 10.9 Å². The number of hydrogen-bond donors (Lipinski definition) is 3. The van der Waals surface area contributed by atoms with E-state index in [2.05, 4.69) is 31.4 Å². The highest BCUT2D eigenvalue weighted by molar-refractivity contribution is 9.10. The summed E-state index contributed by atoms with van der Waals surface area (Å²) in [5.41, 5.74) is 9.21. The molecular weight excluding hydrogens is 320 g/mol. The molecule has 0 amide bonds. The van der Waals surface area contributed by atoms with Gasteiger partial charge in [-0.1, -0.05) is 27.2 Å². The van der Waals surface area contributed by atoms with E-state index >= 15 is 0 Å². The van der Waals surface area contributed by atoms with Crippen molar-refractivity contribution in [2.75, 3.05) is 5.32 Å².